The van der Waals surface area contributed by atoms with Gasteiger partial charge in [-0.2, -0.15) is 0 Å². The van der Waals surface area contributed by atoms with Crippen molar-refractivity contribution in [3.63, 3.8) is 0 Å². The monoisotopic (exact) mass is 283 g/mol. The van der Waals surface area contributed by atoms with Crippen LogP contribution in [0, 0.1) is 5.92 Å². The average molecular weight is 283 g/mol. The summed E-state index contributed by atoms with van der Waals surface area (Å²) < 4.78 is 1.93. The summed E-state index contributed by atoms with van der Waals surface area (Å²) in [4.78, 5) is 25.7. The Morgan fingerprint density at radius 2 is 1.71 bits per heavy atom. The number of nitrogens with zero attached hydrogens (tertiary/aromatic N) is 2. The molecule has 0 bridgehead atoms. The summed E-state index contributed by atoms with van der Waals surface area (Å²) in [6, 6.07) is 10.4. The summed E-state index contributed by atoms with van der Waals surface area (Å²) in [7, 11) is 0. The van der Waals surface area contributed by atoms with Gasteiger partial charge in [0.1, 0.15) is 6.04 Å². The van der Waals surface area contributed by atoms with Crippen molar-refractivity contribution in [1.82, 2.24) is 9.88 Å². The highest BCUT2D eigenvalue weighted by Gasteiger charge is 2.40. The van der Waals surface area contributed by atoms with Crippen molar-refractivity contribution in [3.05, 3.63) is 48.8 Å². The maximum absolute atomic E-state index is 12.4. The Bertz CT molecular complexity index is 677. The van der Waals surface area contributed by atoms with Gasteiger partial charge in [0.25, 0.3) is 5.91 Å². The molecule has 5 heteroatoms. The van der Waals surface area contributed by atoms with Crippen molar-refractivity contribution in [2.75, 3.05) is 4.90 Å². The zero-order chi connectivity index (χ0) is 15.0. The van der Waals surface area contributed by atoms with Gasteiger partial charge in [0.2, 0.25) is 0 Å². The van der Waals surface area contributed by atoms with Crippen molar-refractivity contribution in [1.29, 1.82) is 0 Å². The average Bonchev–Trinajstić information content (AvgIpc) is 3.07. The van der Waals surface area contributed by atoms with Gasteiger partial charge >= 0.3 is 6.03 Å². The molecule has 3 rings (SSSR count). The predicted octanol–water partition coefficient (Wildman–Crippen LogP) is 2.56. The molecule has 1 aromatic heterocycles. The highest BCUT2D eigenvalue weighted by molar-refractivity contribution is 6.21. The molecule has 0 radical (unpaired) electrons. The number of urea groups is 1. The Kier molecular flexibility index (Phi) is 3.25. The topological polar surface area (TPSA) is 54.3 Å². The van der Waals surface area contributed by atoms with E-state index in [1.54, 1.807) is 6.07 Å². The lowest BCUT2D eigenvalue weighted by atomic mass is 10.0. The number of anilines is 1. The number of carbonyl (C=O) groups excluding carboxylic acids is 2. The minimum absolute atomic E-state index is 0.0686. The van der Waals surface area contributed by atoms with E-state index >= 15 is 0 Å². The molecule has 21 heavy (non-hydrogen) atoms. The highest BCUT2D eigenvalue weighted by Crippen LogP contribution is 2.24. The van der Waals surface area contributed by atoms with Crippen molar-refractivity contribution >= 4 is 17.6 Å². The molecule has 2 heterocycles. The molecule has 1 saturated heterocycles. The third-order valence-corrected chi connectivity index (χ3v) is 3.63. The van der Waals surface area contributed by atoms with E-state index in [0.717, 1.165) is 5.69 Å². The van der Waals surface area contributed by atoms with E-state index in [0.29, 0.717) is 5.69 Å². The number of amides is 3. The highest BCUT2D eigenvalue weighted by atomic mass is 16.2. The van der Waals surface area contributed by atoms with Crippen LogP contribution in [0.1, 0.15) is 13.8 Å². The van der Waals surface area contributed by atoms with Gasteiger partial charge in [-0.3, -0.25) is 4.79 Å². The van der Waals surface area contributed by atoms with Crippen LogP contribution in [0.25, 0.3) is 5.69 Å². The van der Waals surface area contributed by atoms with Crippen molar-refractivity contribution in [2.24, 2.45) is 5.92 Å². The molecule has 2 aromatic rings. The van der Waals surface area contributed by atoms with Gasteiger partial charge in [-0.05, 0) is 36.2 Å². The summed E-state index contributed by atoms with van der Waals surface area (Å²) in [5.41, 5.74) is 1.50. The molecular weight excluding hydrogens is 266 g/mol. The molecule has 1 N–H and O–H groups in total. The van der Waals surface area contributed by atoms with Crippen molar-refractivity contribution in [3.8, 4) is 5.69 Å². The normalized spacial score (nSPS) is 18.4. The minimum Gasteiger partial charge on any atom is -0.325 e. The molecule has 0 unspecified atom stereocenters. The maximum Gasteiger partial charge on any atom is 0.329 e. The van der Waals surface area contributed by atoms with Crippen LogP contribution in [0.4, 0.5) is 10.5 Å². The number of aromatic nitrogens is 1. The first-order valence-corrected chi connectivity index (χ1v) is 6.96. The number of rotatable bonds is 3. The first kappa shape index (κ1) is 13.4. The van der Waals surface area contributed by atoms with E-state index < -0.39 is 6.04 Å². The van der Waals surface area contributed by atoms with Gasteiger partial charge in [0, 0.05) is 18.1 Å². The Morgan fingerprint density at radius 1 is 1.05 bits per heavy atom. The summed E-state index contributed by atoms with van der Waals surface area (Å²) in [5.74, 6) is -0.126. The standard InChI is InChI=1S/C16H17N3O2/c1-11(2)14-15(20)19(16(21)17-14)13-7-5-6-12(10-13)18-8-3-4-9-18/h3-11,14H,1-2H3,(H,17,21)/t14-/m0/s1. The van der Waals surface area contributed by atoms with E-state index in [4.69, 9.17) is 0 Å². The Morgan fingerprint density at radius 3 is 2.33 bits per heavy atom. The van der Waals surface area contributed by atoms with Crippen LogP contribution < -0.4 is 10.2 Å². The molecule has 1 fully saturated rings. The third-order valence-electron chi connectivity index (χ3n) is 3.63. The number of hydrogen-bond donors (Lipinski definition) is 1. The summed E-state index contributed by atoms with van der Waals surface area (Å²) in [6.07, 6.45) is 3.84. The van der Waals surface area contributed by atoms with Gasteiger partial charge in [0.05, 0.1) is 5.69 Å². The molecule has 1 aromatic carbocycles. The van der Waals surface area contributed by atoms with E-state index in [2.05, 4.69) is 5.32 Å². The second-order valence-corrected chi connectivity index (χ2v) is 5.45. The van der Waals surface area contributed by atoms with Crippen molar-refractivity contribution in [2.45, 2.75) is 19.9 Å². The van der Waals surface area contributed by atoms with Gasteiger partial charge < -0.3 is 9.88 Å². The minimum atomic E-state index is -0.451. The molecule has 1 atom stereocenters. The van der Waals surface area contributed by atoms with E-state index in [1.165, 1.54) is 4.90 Å². The van der Waals surface area contributed by atoms with E-state index in [-0.39, 0.29) is 17.9 Å². The fourth-order valence-corrected chi connectivity index (χ4v) is 2.49. The summed E-state index contributed by atoms with van der Waals surface area (Å²) in [6.45, 7) is 3.84. The lowest BCUT2D eigenvalue weighted by Gasteiger charge is -2.15. The summed E-state index contributed by atoms with van der Waals surface area (Å²) >= 11 is 0. The smallest absolute Gasteiger partial charge is 0.325 e. The van der Waals surface area contributed by atoms with Crippen LogP contribution in [0.3, 0.4) is 0 Å². The van der Waals surface area contributed by atoms with Gasteiger partial charge in [-0.15, -0.1) is 0 Å². The van der Waals surface area contributed by atoms with Gasteiger partial charge in [-0.25, -0.2) is 9.69 Å². The second-order valence-electron chi connectivity index (χ2n) is 5.45. The molecule has 5 nitrogen and oxygen atoms in total. The van der Waals surface area contributed by atoms with Crippen LogP contribution >= 0.6 is 0 Å². The van der Waals surface area contributed by atoms with E-state index in [1.807, 2.05) is 61.1 Å². The molecule has 1 aliphatic rings. The second kappa shape index (κ2) is 5.09. The zero-order valence-corrected chi connectivity index (χ0v) is 12.0. The van der Waals surface area contributed by atoms with Crippen LogP contribution in [-0.4, -0.2) is 22.5 Å². The summed E-state index contributed by atoms with van der Waals surface area (Å²) in [5, 5.41) is 2.74. The fourth-order valence-electron chi connectivity index (χ4n) is 2.49. The van der Waals surface area contributed by atoms with Crippen LogP contribution in [0.5, 0.6) is 0 Å². The molecule has 3 amide bonds. The maximum atomic E-state index is 12.4. The largest absolute Gasteiger partial charge is 0.329 e. The Labute approximate surface area is 123 Å². The molecule has 0 spiro atoms. The van der Waals surface area contributed by atoms with E-state index in [9.17, 15) is 9.59 Å². The quantitative estimate of drug-likeness (QED) is 0.880. The Hall–Kier alpha value is -2.56. The molecule has 108 valence electrons. The lowest BCUT2D eigenvalue weighted by molar-refractivity contribution is -0.119. The molecule has 1 aliphatic heterocycles. The SMILES string of the molecule is CC(C)[C@@H]1NC(=O)N(c2cccc(-n3cccc3)c2)C1=O. The van der Waals surface area contributed by atoms with Crippen LogP contribution in [0.2, 0.25) is 0 Å². The van der Waals surface area contributed by atoms with Crippen LogP contribution in [0.15, 0.2) is 48.8 Å². The molecule has 0 saturated carbocycles. The van der Waals surface area contributed by atoms with Crippen molar-refractivity contribution < 1.29 is 9.59 Å². The van der Waals surface area contributed by atoms with Crippen LogP contribution in [-0.2, 0) is 4.79 Å². The number of hydrogen-bond acceptors (Lipinski definition) is 2. The first-order valence-electron chi connectivity index (χ1n) is 6.96. The first-order chi connectivity index (χ1) is 10.1. The third kappa shape index (κ3) is 2.31. The lowest BCUT2D eigenvalue weighted by Crippen LogP contribution is -2.34. The molecular formula is C16H17N3O2. The fraction of sp³-hybridized carbons (Fsp3) is 0.250. The number of imide groups is 1. The molecule has 0 aliphatic carbocycles. The number of benzene rings is 1. The van der Waals surface area contributed by atoms with Gasteiger partial charge in [0.15, 0.2) is 0 Å². The zero-order valence-electron chi connectivity index (χ0n) is 12.0. The Balaban J connectivity index is 1.96. The van der Waals surface area contributed by atoms with Gasteiger partial charge in [-0.1, -0.05) is 19.9 Å². The number of carbonyl (C=O) groups is 2. The predicted molar refractivity (Wildman–Crippen MR) is 80.4 cm³/mol. The number of nitrogens with one attached hydrogen (secondary N) is 1.